The molecule has 1 aliphatic heterocycles. The van der Waals surface area contributed by atoms with Gasteiger partial charge >= 0.3 is 0 Å². The van der Waals surface area contributed by atoms with Crippen molar-refractivity contribution in [2.45, 2.75) is 38.3 Å². The summed E-state index contributed by atoms with van der Waals surface area (Å²) >= 11 is 0. The van der Waals surface area contributed by atoms with Crippen LogP contribution < -0.4 is 10.6 Å². The molecular formula is C13H22N2O2. The van der Waals surface area contributed by atoms with Crippen molar-refractivity contribution >= 4 is 5.91 Å². The maximum atomic E-state index is 12.1. The van der Waals surface area contributed by atoms with E-state index in [1.54, 1.807) is 0 Å². The maximum absolute atomic E-state index is 12.1. The molecule has 0 saturated carbocycles. The lowest BCUT2D eigenvalue weighted by Crippen LogP contribution is -2.46. The molecule has 1 saturated heterocycles. The highest BCUT2D eigenvalue weighted by atomic mass is 16.5. The number of carbonyl (C=O) groups excluding carboxylic acids is 1. The molecule has 4 heteroatoms. The molecule has 0 bridgehead atoms. The molecule has 17 heavy (non-hydrogen) atoms. The summed E-state index contributed by atoms with van der Waals surface area (Å²) in [5, 5.41) is 6.49. The minimum Gasteiger partial charge on any atom is -0.379 e. The van der Waals surface area contributed by atoms with E-state index in [0.29, 0.717) is 19.3 Å². The molecule has 1 amide bonds. The summed E-state index contributed by atoms with van der Waals surface area (Å²) in [4.78, 5) is 12.1. The number of carbonyl (C=O) groups is 1. The van der Waals surface area contributed by atoms with Crippen molar-refractivity contribution in [2.24, 2.45) is 5.92 Å². The van der Waals surface area contributed by atoms with Gasteiger partial charge in [0.1, 0.15) is 0 Å². The van der Waals surface area contributed by atoms with E-state index in [1.807, 2.05) is 0 Å². The van der Waals surface area contributed by atoms with Crippen molar-refractivity contribution in [3.63, 3.8) is 0 Å². The molecule has 1 heterocycles. The van der Waals surface area contributed by atoms with Gasteiger partial charge in [-0.2, -0.15) is 0 Å². The van der Waals surface area contributed by atoms with Crippen LogP contribution in [0.25, 0.3) is 0 Å². The van der Waals surface area contributed by atoms with Gasteiger partial charge in [0.2, 0.25) is 5.91 Å². The summed E-state index contributed by atoms with van der Waals surface area (Å²) in [5.74, 6) is 0.118. The molecule has 2 atom stereocenters. The molecule has 4 nitrogen and oxygen atoms in total. The first-order valence-electron chi connectivity index (χ1n) is 6.57. The van der Waals surface area contributed by atoms with Crippen molar-refractivity contribution in [1.82, 2.24) is 10.6 Å². The normalized spacial score (nSPS) is 28.8. The Bertz CT molecular complexity index is 283. The van der Waals surface area contributed by atoms with Crippen LogP contribution in [-0.4, -0.2) is 37.7 Å². The minimum absolute atomic E-state index is 0.0258. The fourth-order valence-electron chi connectivity index (χ4n) is 2.39. The van der Waals surface area contributed by atoms with Crippen LogP contribution in [0, 0.1) is 5.92 Å². The Morgan fingerprint density at radius 2 is 2.12 bits per heavy atom. The summed E-state index contributed by atoms with van der Waals surface area (Å²) < 4.78 is 5.41. The largest absolute Gasteiger partial charge is 0.379 e. The molecule has 0 radical (unpaired) electrons. The lowest BCUT2D eigenvalue weighted by Gasteiger charge is -2.20. The van der Waals surface area contributed by atoms with Gasteiger partial charge in [-0.1, -0.05) is 19.1 Å². The third-order valence-electron chi connectivity index (χ3n) is 3.43. The predicted molar refractivity (Wildman–Crippen MR) is 66.7 cm³/mol. The van der Waals surface area contributed by atoms with Gasteiger partial charge < -0.3 is 15.4 Å². The van der Waals surface area contributed by atoms with Gasteiger partial charge in [0.15, 0.2) is 0 Å². The Balaban J connectivity index is 1.80. The quantitative estimate of drug-likeness (QED) is 0.698. The van der Waals surface area contributed by atoms with Crippen LogP contribution in [0.4, 0.5) is 0 Å². The zero-order valence-electron chi connectivity index (χ0n) is 10.4. The molecule has 1 fully saturated rings. The standard InChI is InChI=1S/C13H22N2O2/c1-2-7-14-12-9-17-8-11(12)13(16)15-10-5-3-4-6-10/h3-4,10-12,14H,2,5-9H2,1H3,(H,15,16). The topological polar surface area (TPSA) is 50.4 Å². The van der Waals surface area contributed by atoms with Gasteiger partial charge in [-0.05, 0) is 25.8 Å². The van der Waals surface area contributed by atoms with Crippen LogP contribution in [0.1, 0.15) is 26.2 Å². The van der Waals surface area contributed by atoms with Crippen LogP contribution in [0.5, 0.6) is 0 Å². The summed E-state index contributed by atoms with van der Waals surface area (Å²) in [6.45, 7) is 4.28. The Morgan fingerprint density at radius 1 is 1.35 bits per heavy atom. The smallest absolute Gasteiger partial charge is 0.227 e. The van der Waals surface area contributed by atoms with Gasteiger partial charge in [0.25, 0.3) is 0 Å². The molecule has 0 aromatic rings. The average molecular weight is 238 g/mol. The van der Waals surface area contributed by atoms with Crippen LogP contribution in [0.2, 0.25) is 0 Å². The van der Waals surface area contributed by atoms with Gasteiger partial charge in [0, 0.05) is 12.1 Å². The van der Waals surface area contributed by atoms with E-state index in [9.17, 15) is 4.79 Å². The molecular weight excluding hydrogens is 216 g/mol. The van der Waals surface area contributed by atoms with E-state index in [4.69, 9.17) is 4.74 Å². The van der Waals surface area contributed by atoms with Crippen LogP contribution >= 0.6 is 0 Å². The summed E-state index contributed by atoms with van der Waals surface area (Å²) in [6.07, 6.45) is 7.27. The first-order chi connectivity index (χ1) is 8.31. The Hall–Kier alpha value is -0.870. The number of amides is 1. The summed E-state index contributed by atoms with van der Waals surface area (Å²) in [5.41, 5.74) is 0. The van der Waals surface area contributed by atoms with Gasteiger partial charge in [-0.25, -0.2) is 0 Å². The molecule has 96 valence electrons. The predicted octanol–water partition coefficient (Wildman–Crippen LogP) is 0.836. The highest BCUT2D eigenvalue weighted by Gasteiger charge is 2.34. The maximum Gasteiger partial charge on any atom is 0.227 e. The number of nitrogens with one attached hydrogen (secondary N) is 2. The Morgan fingerprint density at radius 3 is 2.82 bits per heavy atom. The monoisotopic (exact) mass is 238 g/mol. The Labute approximate surface area is 103 Å². The van der Waals surface area contributed by atoms with Crippen molar-refractivity contribution in [1.29, 1.82) is 0 Å². The van der Waals surface area contributed by atoms with Crippen molar-refractivity contribution in [3.05, 3.63) is 12.2 Å². The second-order valence-corrected chi connectivity index (χ2v) is 4.85. The van der Waals surface area contributed by atoms with E-state index >= 15 is 0 Å². The molecule has 2 unspecified atom stereocenters. The van der Waals surface area contributed by atoms with Crippen LogP contribution in [0.3, 0.4) is 0 Å². The molecule has 2 rings (SSSR count). The van der Waals surface area contributed by atoms with Crippen molar-refractivity contribution in [3.8, 4) is 0 Å². The highest BCUT2D eigenvalue weighted by Crippen LogP contribution is 2.16. The zero-order chi connectivity index (χ0) is 12.1. The average Bonchev–Trinajstić information content (AvgIpc) is 2.96. The van der Waals surface area contributed by atoms with E-state index in [1.165, 1.54) is 0 Å². The first kappa shape index (κ1) is 12.6. The second-order valence-electron chi connectivity index (χ2n) is 4.85. The Kier molecular flexibility index (Phi) is 4.57. The molecule has 0 aromatic heterocycles. The molecule has 1 aliphatic carbocycles. The summed E-state index contributed by atoms with van der Waals surface area (Å²) in [6, 6.07) is 0.485. The molecule has 2 N–H and O–H groups in total. The van der Waals surface area contributed by atoms with E-state index in [2.05, 4.69) is 29.7 Å². The number of rotatable bonds is 5. The van der Waals surface area contributed by atoms with E-state index in [0.717, 1.165) is 25.8 Å². The minimum atomic E-state index is -0.0258. The summed E-state index contributed by atoms with van der Waals surface area (Å²) in [7, 11) is 0. The van der Waals surface area contributed by atoms with Crippen LogP contribution in [0.15, 0.2) is 12.2 Å². The van der Waals surface area contributed by atoms with Crippen LogP contribution in [-0.2, 0) is 9.53 Å². The van der Waals surface area contributed by atoms with Gasteiger partial charge in [0.05, 0.1) is 19.1 Å². The number of hydrogen-bond acceptors (Lipinski definition) is 3. The zero-order valence-corrected chi connectivity index (χ0v) is 10.4. The molecule has 0 spiro atoms. The lowest BCUT2D eigenvalue weighted by molar-refractivity contribution is -0.126. The fourth-order valence-corrected chi connectivity index (χ4v) is 2.39. The number of ether oxygens (including phenoxy) is 1. The van der Waals surface area contributed by atoms with E-state index < -0.39 is 0 Å². The third kappa shape index (κ3) is 3.30. The third-order valence-corrected chi connectivity index (χ3v) is 3.43. The van der Waals surface area contributed by atoms with Gasteiger partial charge in [-0.3, -0.25) is 4.79 Å². The highest BCUT2D eigenvalue weighted by molar-refractivity contribution is 5.80. The molecule has 0 aromatic carbocycles. The SMILES string of the molecule is CCCNC1COCC1C(=O)NC1CC=CC1. The van der Waals surface area contributed by atoms with E-state index in [-0.39, 0.29) is 17.9 Å². The second kappa shape index (κ2) is 6.17. The molecule has 2 aliphatic rings. The first-order valence-corrected chi connectivity index (χ1v) is 6.57. The number of hydrogen-bond donors (Lipinski definition) is 2. The van der Waals surface area contributed by atoms with Gasteiger partial charge in [-0.15, -0.1) is 0 Å². The van der Waals surface area contributed by atoms with Crippen molar-refractivity contribution < 1.29 is 9.53 Å². The lowest BCUT2D eigenvalue weighted by atomic mass is 10.0. The van der Waals surface area contributed by atoms with Crippen molar-refractivity contribution in [2.75, 3.05) is 19.8 Å². The fraction of sp³-hybridized carbons (Fsp3) is 0.769.